The third-order valence-corrected chi connectivity index (χ3v) is 22.8. The standard InChI is InChI=1S/C43H47BClO11PS.C26H26BO7P.C11H18O5/c1-28(46)10-23-42(47)55-37-24-29(2)53-40(37)27-52-57(48,58-36-21-15-33(45)16-22-36)56-38-25-41(44)54-39(38)26-51-43(30-8-6-5-7-9-30,31-11-17-34(49-3)18-12-31)32-13-19-35(50-4)20-14-32;1-30-21-12-8-19(9-13-21)26(18-6-4-3-5-7-18,20-10-14-22(31-2)15-11-20)32-17-24-23(34-35(28)29)16-25(27)33-24;1-7(13)3-4-11(14)16-9-5-8(2)15-10(9)6-12/h5-9,11-22,29,37-41H,10,23-27H2,1-4H3;3-15,23-25H,16-17H2,1-2H3;8-10,12H,3-6H2,1-2H3/t29-,37+,38+,39+,40+,41+,57?;23-,24-,25-;8-,9+,10+/m010/s1. The van der Waals surface area contributed by atoms with Crippen LogP contribution in [0.4, 0.5) is 0 Å². The maximum atomic E-state index is 14.9. The number of benzene rings is 7. The van der Waals surface area contributed by atoms with Gasteiger partial charge in [-0.05, 0) is 163 Å². The van der Waals surface area contributed by atoms with E-state index in [9.17, 15) is 33.2 Å². The van der Waals surface area contributed by atoms with Crippen molar-refractivity contribution in [3.05, 3.63) is 220 Å². The van der Waals surface area contributed by atoms with E-state index in [0.717, 1.165) is 44.8 Å². The van der Waals surface area contributed by atoms with Crippen LogP contribution in [0.3, 0.4) is 0 Å². The summed E-state index contributed by atoms with van der Waals surface area (Å²) in [5, 5.41) is 9.52. The van der Waals surface area contributed by atoms with Gasteiger partial charge in [0, 0.05) is 47.6 Å². The summed E-state index contributed by atoms with van der Waals surface area (Å²) in [7, 11) is 15.7. The van der Waals surface area contributed by atoms with Crippen molar-refractivity contribution in [2.24, 2.45) is 0 Å². The van der Waals surface area contributed by atoms with E-state index < -0.39 is 92.9 Å². The van der Waals surface area contributed by atoms with E-state index in [-0.39, 0.29) is 94.8 Å². The van der Waals surface area contributed by atoms with Crippen molar-refractivity contribution in [1.82, 2.24) is 0 Å². The van der Waals surface area contributed by atoms with Gasteiger partial charge in [0.2, 0.25) is 0 Å². The number of aliphatic hydroxyl groups is 1. The van der Waals surface area contributed by atoms with Crippen LogP contribution in [0.25, 0.3) is 0 Å². The molecular weight excluding hydrogens is 1480 g/mol. The predicted molar refractivity (Wildman–Crippen MR) is 407 cm³/mol. The number of hydrogen-bond acceptors (Lipinski definition) is 24. The molecule has 7 aromatic rings. The minimum Gasteiger partial charge on any atom is -0.566 e. The summed E-state index contributed by atoms with van der Waals surface area (Å²) >= 11 is 7.09. The zero-order valence-corrected chi connectivity index (χ0v) is 65.4. The molecule has 11 rings (SSSR count). The molecule has 0 aromatic heterocycles. The largest absolute Gasteiger partial charge is 0.566 e. The van der Waals surface area contributed by atoms with Crippen molar-refractivity contribution in [3.63, 3.8) is 0 Å². The number of halogens is 1. The number of ether oxygens (including phenoxy) is 12. The van der Waals surface area contributed by atoms with Crippen LogP contribution in [0.5, 0.6) is 23.0 Å². The van der Waals surface area contributed by atoms with Gasteiger partial charge in [-0.25, -0.2) is 4.57 Å². The summed E-state index contributed by atoms with van der Waals surface area (Å²) in [6.07, 6.45) is -3.74. The van der Waals surface area contributed by atoms with Gasteiger partial charge in [0.05, 0.1) is 86.0 Å². The fourth-order valence-corrected chi connectivity index (χ4v) is 17.2. The van der Waals surface area contributed by atoms with Crippen LogP contribution >= 0.6 is 38.0 Å². The van der Waals surface area contributed by atoms with Gasteiger partial charge in [-0.1, -0.05) is 121 Å². The molecule has 1 N–H and O–H groups in total. The smallest absolute Gasteiger partial charge is 0.488 e. The molecule has 4 aliphatic rings. The third kappa shape index (κ3) is 23.9. The fourth-order valence-electron chi connectivity index (χ4n) is 13.1. The minimum absolute atomic E-state index is 0.0113. The van der Waals surface area contributed by atoms with Crippen molar-refractivity contribution >= 4 is 77.2 Å². The monoisotopic (exact) mass is 1570 g/mol. The molecule has 578 valence electrons. The Morgan fingerprint density at radius 1 is 0.505 bits per heavy atom. The van der Waals surface area contributed by atoms with E-state index in [4.69, 9.17) is 103 Å². The quantitative estimate of drug-likeness (QED) is 0.0170. The Labute approximate surface area is 648 Å². The highest BCUT2D eigenvalue weighted by Crippen LogP contribution is 2.65. The number of carbonyl (C=O) groups is 4. The van der Waals surface area contributed by atoms with E-state index in [2.05, 4.69) is 0 Å². The molecule has 0 aliphatic carbocycles. The Hall–Kier alpha value is -7.32. The van der Waals surface area contributed by atoms with Crippen molar-refractivity contribution < 1.29 is 109 Å². The number of aliphatic hydroxyl groups excluding tert-OH is 1. The van der Waals surface area contributed by atoms with Crippen LogP contribution in [-0.2, 0) is 91.0 Å². The number of hydrogen-bond donors (Lipinski definition) is 1. The molecule has 14 atom stereocenters. The molecule has 4 saturated heterocycles. The van der Waals surface area contributed by atoms with Crippen molar-refractivity contribution in [1.29, 1.82) is 0 Å². The van der Waals surface area contributed by atoms with E-state index >= 15 is 0 Å². The summed E-state index contributed by atoms with van der Waals surface area (Å²) < 4.78 is 114. The van der Waals surface area contributed by atoms with E-state index in [1.807, 2.05) is 172 Å². The van der Waals surface area contributed by atoms with E-state index in [1.54, 1.807) is 52.7 Å². The topological polar surface area (TPSA) is 284 Å². The summed E-state index contributed by atoms with van der Waals surface area (Å²) in [4.78, 5) is 57.9. The molecular formula is C80H91B2ClO23P2S. The Morgan fingerprint density at radius 2 is 0.862 bits per heavy atom. The molecule has 7 aromatic carbocycles. The third-order valence-electron chi connectivity index (χ3n) is 18.5. The Kier molecular flexibility index (Phi) is 32.4. The molecule has 4 fully saturated rings. The lowest BCUT2D eigenvalue weighted by Gasteiger charge is -2.37. The van der Waals surface area contributed by atoms with Gasteiger partial charge in [-0.3, -0.25) is 18.6 Å². The average molecular weight is 1570 g/mol. The molecule has 2 unspecified atom stereocenters. The zero-order chi connectivity index (χ0) is 78.3. The second kappa shape index (κ2) is 41.3. The Balaban J connectivity index is 0.000000225. The second-order valence-electron chi connectivity index (χ2n) is 26.4. The molecule has 0 saturated carbocycles. The molecule has 4 heterocycles. The van der Waals surface area contributed by atoms with Crippen LogP contribution in [0, 0.1) is 0 Å². The first-order chi connectivity index (χ1) is 52.4. The molecule has 29 heteroatoms. The summed E-state index contributed by atoms with van der Waals surface area (Å²) in [6, 6.07) is 55.6. The highest BCUT2D eigenvalue weighted by Gasteiger charge is 2.47. The number of esters is 2. The van der Waals surface area contributed by atoms with Crippen molar-refractivity contribution in [3.8, 4) is 23.0 Å². The minimum atomic E-state index is -4.10. The lowest BCUT2D eigenvalue weighted by molar-refractivity contribution is -0.192. The number of Topliss-reactive ketones (excluding diaryl/α,β-unsaturated/α-hetero) is 2. The number of carbonyl (C=O) groups excluding carboxylic acids is 4. The molecule has 109 heavy (non-hydrogen) atoms. The number of ketones is 2. The first-order valence-electron chi connectivity index (χ1n) is 35.7. The van der Waals surface area contributed by atoms with Crippen LogP contribution in [0.15, 0.2) is 187 Å². The van der Waals surface area contributed by atoms with E-state index in [0.29, 0.717) is 45.8 Å². The van der Waals surface area contributed by atoms with Gasteiger partial charge in [0.25, 0.3) is 0 Å². The first-order valence-corrected chi connectivity index (χ1v) is 40.1. The van der Waals surface area contributed by atoms with Gasteiger partial charge in [0.15, 0.2) is 0 Å². The van der Waals surface area contributed by atoms with Crippen LogP contribution in [0.1, 0.15) is 112 Å². The fraction of sp³-hybridized carbons (Fsp3) is 0.425. The molecule has 0 spiro atoms. The first kappa shape index (κ1) is 85.7. The Bertz CT molecular complexity index is 3990. The zero-order valence-electron chi connectivity index (χ0n) is 62.0. The number of rotatable bonds is 34. The summed E-state index contributed by atoms with van der Waals surface area (Å²) in [5.74, 6) is 1.71. The highest BCUT2D eigenvalue weighted by atomic mass is 35.5. The van der Waals surface area contributed by atoms with Gasteiger partial charge in [0.1, 0.15) is 104 Å². The van der Waals surface area contributed by atoms with Gasteiger partial charge in [-0.15, -0.1) is 4.52 Å². The lowest BCUT2D eigenvalue weighted by atomic mass is 9.80. The molecule has 4 radical (unpaired) electrons. The molecule has 0 amide bonds. The van der Waals surface area contributed by atoms with Crippen LogP contribution in [0.2, 0.25) is 5.02 Å². The highest BCUT2D eigenvalue weighted by molar-refractivity contribution is 8.55. The predicted octanol–water partition coefficient (Wildman–Crippen LogP) is 12.8. The number of methoxy groups -OCH3 is 4. The van der Waals surface area contributed by atoms with E-state index in [1.165, 1.54) is 13.8 Å². The van der Waals surface area contributed by atoms with Gasteiger partial charge < -0.3 is 76.4 Å². The van der Waals surface area contributed by atoms with Crippen LogP contribution in [-0.4, -0.2) is 172 Å². The summed E-state index contributed by atoms with van der Waals surface area (Å²) in [6.45, 7) is 2.12. The van der Waals surface area contributed by atoms with Crippen LogP contribution < -0.4 is 23.8 Å². The summed E-state index contributed by atoms with van der Waals surface area (Å²) in [5.41, 5.74) is 2.85. The van der Waals surface area contributed by atoms with Crippen molar-refractivity contribution in [2.75, 3.05) is 54.9 Å². The molecule has 4 aliphatic heterocycles. The van der Waals surface area contributed by atoms with Gasteiger partial charge >= 0.3 is 27.0 Å². The normalized spacial score (nSPS) is 23.0. The van der Waals surface area contributed by atoms with Crippen molar-refractivity contribution in [2.45, 2.75) is 168 Å². The molecule has 0 bridgehead atoms. The maximum Gasteiger partial charge on any atom is 0.488 e. The lowest BCUT2D eigenvalue weighted by Crippen LogP contribution is -2.38. The second-order valence-corrected chi connectivity index (χ2v) is 31.4. The Morgan fingerprint density at radius 3 is 1.24 bits per heavy atom. The maximum absolute atomic E-state index is 14.9. The van der Waals surface area contributed by atoms with Gasteiger partial charge in [-0.2, -0.15) is 0 Å². The SMILES string of the molecule is CC(=O)CCC(=O)O[C@@H]1C[C@H](C)O[C@@H]1CO.[B][C@H]1C[C@@H](OP(=O)(OC[C@H]2O[C@@H](C)C[C@H]2OC(=O)CCC(C)=O)Sc2ccc(Cl)cc2)[C@@H](COC(c2ccccc2)(c2ccc(OC)cc2)c2ccc(OC)cc2)O1.[B][C@H]1C[C@@H](O[P+](=O)[O-])[C@@H](COC(c2ccccc2)(c2ccc(OC)cc2)c2ccc(OC)cc2)O1. The average Bonchev–Trinajstić information content (AvgIpc) is 1.22. The molecule has 23 nitrogen and oxygen atoms in total.